The van der Waals surface area contributed by atoms with Crippen LogP contribution in [0.2, 0.25) is 0 Å². The number of carbonyl (C=O) groups excluding carboxylic acids is 1. The minimum Gasteiger partial charge on any atom is -0.341 e. The summed E-state index contributed by atoms with van der Waals surface area (Å²) >= 11 is 1.16. The van der Waals surface area contributed by atoms with E-state index in [1.165, 1.54) is 9.47 Å². The highest BCUT2D eigenvalue weighted by atomic mass is 32.2. The molecule has 0 aliphatic carbocycles. The molecule has 2 aromatic heterocycles. The van der Waals surface area contributed by atoms with Crippen LogP contribution >= 0.6 is 11.8 Å². The Morgan fingerprint density at radius 3 is 2.66 bits per heavy atom. The van der Waals surface area contributed by atoms with Gasteiger partial charge in [-0.1, -0.05) is 30.0 Å². The lowest BCUT2D eigenvalue weighted by Gasteiger charge is -2.26. The SMILES string of the molecule is Cc1ccc(-n2c(S[C@@H](C)C(=O)N(C)[C@@H]3CCS(=O)(=O)C3)nc3ccccc3c2=O)nc1. The van der Waals surface area contributed by atoms with Crippen molar-refractivity contribution in [2.24, 2.45) is 0 Å². The molecule has 1 aliphatic heterocycles. The highest BCUT2D eigenvalue weighted by Crippen LogP contribution is 2.27. The Morgan fingerprint density at radius 2 is 2.00 bits per heavy atom. The summed E-state index contributed by atoms with van der Waals surface area (Å²) in [4.78, 5) is 36.9. The molecule has 32 heavy (non-hydrogen) atoms. The number of thioether (sulfide) groups is 1. The van der Waals surface area contributed by atoms with Crippen molar-refractivity contribution in [2.75, 3.05) is 18.6 Å². The van der Waals surface area contributed by atoms with Gasteiger partial charge in [-0.25, -0.2) is 23.0 Å². The van der Waals surface area contributed by atoms with Crippen molar-refractivity contribution in [3.63, 3.8) is 0 Å². The summed E-state index contributed by atoms with van der Waals surface area (Å²) < 4.78 is 25.1. The normalized spacial score (nSPS) is 18.5. The Kier molecular flexibility index (Phi) is 6.09. The van der Waals surface area contributed by atoms with Crippen molar-refractivity contribution in [3.8, 4) is 5.82 Å². The largest absolute Gasteiger partial charge is 0.341 e. The van der Waals surface area contributed by atoms with Crippen LogP contribution in [0.1, 0.15) is 18.9 Å². The highest BCUT2D eigenvalue weighted by Gasteiger charge is 2.34. The van der Waals surface area contributed by atoms with E-state index >= 15 is 0 Å². The monoisotopic (exact) mass is 472 g/mol. The molecule has 8 nitrogen and oxygen atoms in total. The zero-order valence-corrected chi connectivity index (χ0v) is 19.7. The fraction of sp³-hybridized carbons (Fsp3) is 0.364. The average molecular weight is 473 g/mol. The first kappa shape index (κ1) is 22.5. The highest BCUT2D eigenvalue weighted by molar-refractivity contribution is 8.00. The maximum atomic E-state index is 13.3. The lowest BCUT2D eigenvalue weighted by Crippen LogP contribution is -2.42. The number of hydrogen-bond acceptors (Lipinski definition) is 7. The summed E-state index contributed by atoms with van der Waals surface area (Å²) in [5.74, 6) is 0.305. The minimum absolute atomic E-state index is 0.0150. The Balaban J connectivity index is 1.70. The van der Waals surface area contributed by atoms with Crippen LogP contribution in [0.5, 0.6) is 0 Å². The Labute approximate surface area is 190 Å². The summed E-state index contributed by atoms with van der Waals surface area (Å²) in [6.07, 6.45) is 2.11. The first-order chi connectivity index (χ1) is 15.2. The van der Waals surface area contributed by atoms with E-state index < -0.39 is 15.1 Å². The average Bonchev–Trinajstić information content (AvgIpc) is 3.13. The molecule has 1 saturated heterocycles. The fourth-order valence-corrected chi connectivity index (χ4v) is 6.53. The van der Waals surface area contributed by atoms with Gasteiger partial charge < -0.3 is 4.90 Å². The van der Waals surface area contributed by atoms with Crippen molar-refractivity contribution in [1.82, 2.24) is 19.4 Å². The molecule has 1 amide bonds. The molecule has 3 heterocycles. The van der Waals surface area contributed by atoms with Gasteiger partial charge in [0.05, 0.1) is 27.7 Å². The molecule has 0 bridgehead atoms. The molecule has 4 rings (SSSR count). The van der Waals surface area contributed by atoms with E-state index in [1.807, 2.05) is 13.0 Å². The number of nitrogens with zero attached hydrogens (tertiary/aromatic N) is 4. The first-order valence-electron chi connectivity index (χ1n) is 10.2. The smallest absolute Gasteiger partial charge is 0.267 e. The number of carbonyl (C=O) groups is 1. The van der Waals surface area contributed by atoms with Crippen molar-refractivity contribution in [2.45, 2.75) is 36.7 Å². The number of benzene rings is 1. The predicted molar refractivity (Wildman–Crippen MR) is 125 cm³/mol. The second-order valence-corrected chi connectivity index (χ2v) is 11.5. The van der Waals surface area contributed by atoms with E-state index in [0.29, 0.717) is 28.3 Å². The molecular weight excluding hydrogens is 448 g/mol. The summed E-state index contributed by atoms with van der Waals surface area (Å²) in [5.41, 5.74) is 1.24. The third-order valence-corrected chi connectivity index (χ3v) is 8.39. The topological polar surface area (TPSA) is 102 Å². The molecule has 2 atom stereocenters. The fourth-order valence-electron chi connectivity index (χ4n) is 3.74. The lowest BCUT2D eigenvalue weighted by molar-refractivity contribution is -0.130. The third-order valence-electron chi connectivity index (χ3n) is 5.60. The van der Waals surface area contributed by atoms with Crippen LogP contribution in [0, 0.1) is 6.92 Å². The molecule has 0 N–H and O–H groups in total. The van der Waals surface area contributed by atoms with Gasteiger partial charge in [-0.3, -0.25) is 9.59 Å². The summed E-state index contributed by atoms with van der Waals surface area (Å²) in [6, 6.07) is 10.3. The van der Waals surface area contributed by atoms with Crippen LogP contribution < -0.4 is 5.56 Å². The standard InChI is InChI=1S/C22H24N4O4S2/c1-14-8-9-19(23-12-14)26-21(28)17-6-4-5-7-18(17)24-22(26)31-15(2)20(27)25(3)16-10-11-32(29,30)13-16/h4-9,12,15-16H,10-11,13H2,1-3H3/t15-,16+/m0/s1. The summed E-state index contributed by atoms with van der Waals surface area (Å²) in [7, 11) is -1.47. The van der Waals surface area contributed by atoms with E-state index in [1.54, 1.807) is 50.5 Å². The second-order valence-electron chi connectivity index (χ2n) is 8.01. The second kappa shape index (κ2) is 8.67. The van der Waals surface area contributed by atoms with Gasteiger partial charge in [0.25, 0.3) is 5.56 Å². The van der Waals surface area contributed by atoms with Crippen molar-refractivity contribution >= 4 is 38.4 Å². The van der Waals surface area contributed by atoms with Crippen molar-refractivity contribution in [3.05, 3.63) is 58.5 Å². The van der Waals surface area contributed by atoms with Crippen LogP contribution in [0.3, 0.4) is 0 Å². The van der Waals surface area contributed by atoms with Gasteiger partial charge in [0.2, 0.25) is 5.91 Å². The molecular formula is C22H24N4O4S2. The molecule has 0 radical (unpaired) electrons. The number of pyridine rings is 1. The molecule has 1 fully saturated rings. The zero-order chi connectivity index (χ0) is 23.0. The molecule has 0 saturated carbocycles. The molecule has 0 unspecified atom stereocenters. The Morgan fingerprint density at radius 1 is 1.25 bits per heavy atom. The van der Waals surface area contributed by atoms with Gasteiger partial charge in [0.1, 0.15) is 5.82 Å². The van der Waals surface area contributed by atoms with Gasteiger partial charge in [-0.05, 0) is 44.0 Å². The van der Waals surface area contributed by atoms with Gasteiger partial charge in [-0.15, -0.1) is 0 Å². The molecule has 1 aromatic carbocycles. The number of sulfone groups is 1. The third kappa shape index (κ3) is 4.42. The van der Waals surface area contributed by atoms with E-state index in [0.717, 1.165) is 17.3 Å². The number of aryl methyl sites for hydroxylation is 1. The predicted octanol–water partition coefficient (Wildman–Crippen LogP) is 2.22. The van der Waals surface area contributed by atoms with E-state index in [2.05, 4.69) is 9.97 Å². The molecule has 1 aliphatic rings. The van der Waals surface area contributed by atoms with Crippen molar-refractivity contribution < 1.29 is 13.2 Å². The van der Waals surface area contributed by atoms with E-state index in [4.69, 9.17) is 0 Å². The van der Waals surface area contributed by atoms with Crippen LogP contribution in [-0.4, -0.2) is 63.6 Å². The van der Waals surface area contributed by atoms with Gasteiger partial charge in [0, 0.05) is 19.3 Å². The van der Waals surface area contributed by atoms with E-state index in [-0.39, 0.29) is 29.0 Å². The number of amides is 1. The van der Waals surface area contributed by atoms with Crippen molar-refractivity contribution in [1.29, 1.82) is 0 Å². The minimum atomic E-state index is -3.10. The summed E-state index contributed by atoms with van der Waals surface area (Å²) in [5, 5.41) is 0.248. The molecule has 10 heteroatoms. The Bertz CT molecular complexity index is 1340. The van der Waals surface area contributed by atoms with Gasteiger partial charge in [-0.2, -0.15) is 0 Å². The Hall–Kier alpha value is -2.72. The van der Waals surface area contributed by atoms with Crippen LogP contribution in [0.15, 0.2) is 52.5 Å². The zero-order valence-electron chi connectivity index (χ0n) is 18.1. The number of fused-ring (bicyclic) bond motifs is 1. The number of aromatic nitrogens is 3. The van der Waals surface area contributed by atoms with Gasteiger partial charge >= 0.3 is 0 Å². The molecule has 3 aromatic rings. The number of para-hydroxylation sites is 1. The first-order valence-corrected chi connectivity index (χ1v) is 12.9. The van der Waals surface area contributed by atoms with Crippen LogP contribution in [-0.2, 0) is 14.6 Å². The lowest BCUT2D eigenvalue weighted by atomic mass is 10.2. The van der Waals surface area contributed by atoms with E-state index in [9.17, 15) is 18.0 Å². The maximum Gasteiger partial charge on any atom is 0.267 e. The number of hydrogen-bond donors (Lipinski definition) is 0. The maximum absolute atomic E-state index is 13.3. The number of rotatable bonds is 5. The van der Waals surface area contributed by atoms with Crippen LogP contribution in [0.4, 0.5) is 0 Å². The quantitative estimate of drug-likeness (QED) is 0.414. The van der Waals surface area contributed by atoms with Gasteiger partial charge in [0.15, 0.2) is 15.0 Å². The molecule has 168 valence electrons. The van der Waals surface area contributed by atoms with Crippen LogP contribution in [0.25, 0.3) is 16.7 Å². The molecule has 0 spiro atoms. The summed E-state index contributed by atoms with van der Waals surface area (Å²) in [6.45, 7) is 3.65.